The first-order valence-corrected chi connectivity index (χ1v) is 6.83. The molecule has 3 rings (SSSR count). The molecule has 0 N–H and O–H groups in total. The number of carbonyl (C=O) groups excluding carboxylic acids is 1. The van der Waals surface area contributed by atoms with Gasteiger partial charge in [-0.25, -0.2) is 9.79 Å². The SMILES string of the molecule is O=C1OC(c2cccs2)=N/C1=C\c1ccccc1[N+](=O)[O-]. The van der Waals surface area contributed by atoms with Crippen molar-refractivity contribution in [2.24, 2.45) is 4.99 Å². The number of esters is 1. The zero-order valence-electron chi connectivity index (χ0n) is 10.6. The molecule has 0 amide bonds. The summed E-state index contributed by atoms with van der Waals surface area (Å²) < 4.78 is 5.07. The van der Waals surface area contributed by atoms with Crippen LogP contribution < -0.4 is 0 Å². The topological polar surface area (TPSA) is 81.8 Å². The van der Waals surface area contributed by atoms with Gasteiger partial charge in [-0.05, 0) is 23.6 Å². The summed E-state index contributed by atoms with van der Waals surface area (Å²) in [7, 11) is 0. The Morgan fingerprint density at radius 3 is 2.76 bits per heavy atom. The minimum Gasteiger partial charge on any atom is -0.401 e. The van der Waals surface area contributed by atoms with Crippen molar-refractivity contribution < 1.29 is 14.5 Å². The van der Waals surface area contributed by atoms with E-state index in [2.05, 4.69) is 4.99 Å². The summed E-state index contributed by atoms with van der Waals surface area (Å²) in [5.41, 5.74) is 0.274. The fourth-order valence-electron chi connectivity index (χ4n) is 1.84. The van der Waals surface area contributed by atoms with Gasteiger partial charge in [0.2, 0.25) is 5.90 Å². The van der Waals surface area contributed by atoms with E-state index in [9.17, 15) is 14.9 Å². The number of hydrogen-bond acceptors (Lipinski definition) is 6. The molecule has 1 aliphatic heterocycles. The Balaban J connectivity index is 2.01. The fourth-order valence-corrected chi connectivity index (χ4v) is 2.49. The number of aliphatic imine (C=N–C) groups is 1. The molecule has 7 heteroatoms. The van der Waals surface area contributed by atoms with E-state index in [0.29, 0.717) is 5.56 Å². The van der Waals surface area contributed by atoms with E-state index < -0.39 is 10.9 Å². The number of nitrogens with zero attached hydrogens (tertiary/aromatic N) is 2. The van der Waals surface area contributed by atoms with Gasteiger partial charge in [0, 0.05) is 6.07 Å². The van der Waals surface area contributed by atoms with Crippen LogP contribution in [0.5, 0.6) is 0 Å². The Kier molecular flexibility index (Phi) is 3.33. The van der Waals surface area contributed by atoms with Crippen molar-refractivity contribution in [3.8, 4) is 0 Å². The predicted molar refractivity (Wildman–Crippen MR) is 78.0 cm³/mol. The van der Waals surface area contributed by atoms with Crippen LogP contribution in [-0.4, -0.2) is 16.8 Å². The molecular formula is C14H8N2O4S. The van der Waals surface area contributed by atoms with Gasteiger partial charge in [0.25, 0.3) is 5.69 Å². The van der Waals surface area contributed by atoms with E-state index in [1.54, 1.807) is 24.3 Å². The summed E-state index contributed by atoms with van der Waals surface area (Å²) in [6.07, 6.45) is 1.36. The lowest BCUT2D eigenvalue weighted by Crippen LogP contribution is -2.03. The molecule has 1 aromatic carbocycles. The average molecular weight is 300 g/mol. The molecule has 6 nitrogen and oxygen atoms in total. The summed E-state index contributed by atoms with van der Waals surface area (Å²) >= 11 is 1.40. The van der Waals surface area contributed by atoms with E-state index >= 15 is 0 Å². The van der Waals surface area contributed by atoms with Crippen molar-refractivity contribution in [1.29, 1.82) is 0 Å². The highest BCUT2D eigenvalue weighted by Crippen LogP contribution is 2.25. The number of para-hydroxylation sites is 1. The second-order valence-electron chi connectivity index (χ2n) is 4.13. The van der Waals surface area contributed by atoms with Crippen molar-refractivity contribution in [2.45, 2.75) is 0 Å². The van der Waals surface area contributed by atoms with Crippen LogP contribution in [0.15, 0.2) is 52.5 Å². The van der Waals surface area contributed by atoms with Crippen molar-refractivity contribution in [3.63, 3.8) is 0 Å². The van der Waals surface area contributed by atoms with Crippen LogP contribution in [0.2, 0.25) is 0 Å². The quantitative estimate of drug-likeness (QED) is 0.377. The third-order valence-electron chi connectivity index (χ3n) is 2.78. The van der Waals surface area contributed by atoms with E-state index in [4.69, 9.17) is 4.74 Å². The van der Waals surface area contributed by atoms with Gasteiger partial charge in [-0.1, -0.05) is 18.2 Å². The third kappa shape index (κ3) is 2.59. The molecule has 0 atom stereocenters. The molecule has 0 bridgehead atoms. The van der Waals surface area contributed by atoms with E-state index in [-0.39, 0.29) is 17.3 Å². The molecule has 0 aliphatic carbocycles. The number of benzene rings is 1. The predicted octanol–water partition coefficient (Wildman–Crippen LogP) is 3.00. The molecular weight excluding hydrogens is 292 g/mol. The summed E-state index contributed by atoms with van der Waals surface area (Å²) in [6, 6.07) is 9.75. The molecule has 0 radical (unpaired) electrons. The van der Waals surface area contributed by atoms with E-state index in [1.807, 2.05) is 11.4 Å². The van der Waals surface area contributed by atoms with Crippen molar-refractivity contribution in [1.82, 2.24) is 0 Å². The zero-order chi connectivity index (χ0) is 14.8. The highest BCUT2D eigenvalue weighted by molar-refractivity contribution is 7.12. The van der Waals surface area contributed by atoms with Crippen molar-refractivity contribution >= 4 is 35.0 Å². The molecule has 21 heavy (non-hydrogen) atoms. The Hall–Kier alpha value is -2.80. The highest BCUT2D eigenvalue weighted by Gasteiger charge is 2.25. The van der Waals surface area contributed by atoms with E-state index in [0.717, 1.165) is 4.88 Å². The molecule has 2 aromatic rings. The maximum atomic E-state index is 11.8. The molecule has 0 unspecified atom stereocenters. The second-order valence-corrected chi connectivity index (χ2v) is 5.08. The maximum Gasteiger partial charge on any atom is 0.363 e. The van der Waals surface area contributed by atoms with Crippen LogP contribution in [0.1, 0.15) is 10.4 Å². The van der Waals surface area contributed by atoms with Gasteiger partial charge in [0.1, 0.15) is 0 Å². The average Bonchev–Trinajstić information content (AvgIpc) is 3.10. The van der Waals surface area contributed by atoms with E-state index in [1.165, 1.54) is 23.5 Å². The van der Waals surface area contributed by atoms with Crippen LogP contribution in [0.25, 0.3) is 6.08 Å². The molecule has 1 aliphatic rings. The van der Waals surface area contributed by atoms with Gasteiger partial charge in [0.15, 0.2) is 5.70 Å². The van der Waals surface area contributed by atoms with Crippen molar-refractivity contribution in [3.05, 3.63) is 68.0 Å². The normalized spacial score (nSPS) is 15.9. The largest absolute Gasteiger partial charge is 0.401 e. The summed E-state index contributed by atoms with van der Waals surface area (Å²) in [6.45, 7) is 0. The lowest BCUT2D eigenvalue weighted by molar-refractivity contribution is -0.385. The number of rotatable bonds is 3. The zero-order valence-corrected chi connectivity index (χ0v) is 11.4. The lowest BCUT2D eigenvalue weighted by Gasteiger charge is -1.96. The molecule has 0 saturated heterocycles. The Bertz CT molecular complexity index is 778. The van der Waals surface area contributed by atoms with Gasteiger partial charge >= 0.3 is 5.97 Å². The number of nitro benzene ring substituents is 1. The first kappa shape index (κ1) is 13.2. The van der Waals surface area contributed by atoms with Gasteiger partial charge < -0.3 is 4.74 Å². The Morgan fingerprint density at radius 2 is 2.05 bits per heavy atom. The monoisotopic (exact) mass is 300 g/mol. The van der Waals surface area contributed by atoms with Crippen LogP contribution in [-0.2, 0) is 9.53 Å². The highest BCUT2D eigenvalue weighted by atomic mass is 32.1. The first-order chi connectivity index (χ1) is 10.1. The van der Waals surface area contributed by atoms with Crippen LogP contribution in [0.3, 0.4) is 0 Å². The van der Waals surface area contributed by atoms with Crippen molar-refractivity contribution in [2.75, 3.05) is 0 Å². The van der Waals surface area contributed by atoms with Gasteiger partial charge in [0.05, 0.1) is 15.4 Å². The number of hydrogen-bond donors (Lipinski definition) is 0. The smallest absolute Gasteiger partial charge is 0.363 e. The minimum absolute atomic E-state index is 0.0488. The second kappa shape index (κ2) is 5.29. The number of thiophene rings is 1. The lowest BCUT2D eigenvalue weighted by atomic mass is 10.1. The molecule has 104 valence electrons. The fraction of sp³-hybridized carbons (Fsp3) is 0. The van der Waals surface area contributed by atoms with Gasteiger partial charge in [-0.3, -0.25) is 10.1 Å². The standard InChI is InChI=1S/C14H8N2O4S/c17-14-10(15-13(20-14)12-6-3-7-21-12)8-9-4-1-2-5-11(9)16(18)19/h1-8H/b10-8-. The number of ether oxygens (including phenoxy) is 1. The molecule has 0 fully saturated rings. The Morgan fingerprint density at radius 1 is 1.24 bits per heavy atom. The van der Waals surface area contributed by atoms with Crippen LogP contribution in [0.4, 0.5) is 5.69 Å². The third-order valence-corrected chi connectivity index (χ3v) is 3.64. The summed E-state index contributed by atoms with van der Waals surface area (Å²) in [4.78, 5) is 27.1. The van der Waals surface area contributed by atoms with Gasteiger partial charge in [-0.2, -0.15) is 0 Å². The van der Waals surface area contributed by atoms with Crippen LogP contribution >= 0.6 is 11.3 Å². The number of nitro groups is 1. The first-order valence-electron chi connectivity index (χ1n) is 5.95. The van der Waals surface area contributed by atoms with Crippen LogP contribution in [0, 0.1) is 10.1 Å². The molecule has 2 heterocycles. The maximum absolute atomic E-state index is 11.8. The summed E-state index contributed by atoms with van der Waals surface area (Å²) in [5.74, 6) is -0.392. The molecule has 0 spiro atoms. The van der Waals surface area contributed by atoms with Gasteiger partial charge in [-0.15, -0.1) is 11.3 Å². The summed E-state index contributed by atoms with van der Waals surface area (Å²) in [5, 5.41) is 12.8. The molecule has 0 saturated carbocycles. The molecule has 1 aromatic heterocycles. The minimum atomic E-state index is -0.614. The number of cyclic esters (lactones) is 1. The Labute approximate surface area is 123 Å². The number of carbonyl (C=O) groups is 1.